The highest BCUT2D eigenvalue weighted by molar-refractivity contribution is 6.09. The zero-order chi connectivity index (χ0) is 13.9. The van der Waals surface area contributed by atoms with E-state index in [-0.39, 0.29) is 5.78 Å². The Balaban J connectivity index is 1.84. The third-order valence-corrected chi connectivity index (χ3v) is 3.83. The predicted octanol–water partition coefficient (Wildman–Crippen LogP) is 3.84. The van der Waals surface area contributed by atoms with Crippen molar-refractivity contribution in [2.45, 2.75) is 26.2 Å². The van der Waals surface area contributed by atoms with Crippen LogP contribution in [-0.2, 0) is 12.8 Å². The minimum Gasteiger partial charge on any atom is -0.384 e. The van der Waals surface area contributed by atoms with Crippen LogP contribution in [0.3, 0.4) is 0 Å². The number of rotatable bonds is 4. The largest absolute Gasteiger partial charge is 0.384 e. The molecule has 0 unspecified atom stereocenters. The SMILES string of the molecule is CCCc1ccc(C(=O)c2ccc3c(c2)CCN3)cc1. The van der Waals surface area contributed by atoms with E-state index in [2.05, 4.69) is 24.4 Å². The first-order chi connectivity index (χ1) is 9.78. The van der Waals surface area contributed by atoms with Crippen LogP contribution in [0, 0.1) is 0 Å². The van der Waals surface area contributed by atoms with Crippen molar-refractivity contribution >= 4 is 11.5 Å². The van der Waals surface area contributed by atoms with E-state index >= 15 is 0 Å². The van der Waals surface area contributed by atoms with Crippen LogP contribution in [-0.4, -0.2) is 12.3 Å². The van der Waals surface area contributed by atoms with Gasteiger partial charge in [0, 0.05) is 23.4 Å². The Kier molecular flexibility index (Phi) is 3.55. The van der Waals surface area contributed by atoms with Crippen LogP contribution >= 0.6 is 0 Å². The molecule has 2 nitrogen and oxygen atoms in total. The Morgan fingerprint density at radius 1 is 1.10 bits per heavy atom. The van der Waals surface area contributed by atoms with Gasteiger partial charge in [0.05, 0.1) is 0 Å². The maximum Gasteiger partial charge on any atom is 0.193 e. The summed E-state index contributed by atoms with van der Waals surface area (Å²) >= 11 is 0. The van der Waals surface area contributed by atoms with Crippen molar-refractivity contribution < 1.29 is 4.79 Å². The fourth-order valence-corrected chi connectivity index (χ4v) is 2.72. The van der Waals surface area contributed by atoms with Crippen LogP contribution in [0.4, 0.5) is 5.69 Å². The zero-order valence-corrected chi connectivity index (χ0v) is 11.8. The second-order valence-corrected chi connectivity index (χ2v) is 5.32. The van der Waals surface area contributed by atoms with E-state index in [1.165, 1.54) is 16.8 Å². The van der Waals surface area contributed by atoms with E-state index in [0.29, 0.717) is 0 Å². The number of benzene rings is 2. The Hall–Kier alpha value is -2.09. The van der Waals surface area contributed by atoms with Crippen LogP contribution in [0.15, 0.2) is 42.5 Å². The van der Waals surface area contributed by atoms with Crippen molar-refractivity contribution in [3.05, 3.63) is 64.7 Å². The fourth-order valence-electron chi connectivity index (χ4n) is 2.72. The monoisotopic (exact) mass is 265 g/mol. The third-order valence-electron chi connectivity index (χ3n) is 3.83. The van der Waals surface area contributed by atoms with Crippen molar-refractivity contribution in [3.63, 3.8) is 0 Å². The lowest BCUT2D eigenvalue weighted by Crippen LogP contribution is -2.02. The van der Waals surface area contributed by atoms with Gasteiger partial charge in [0.2, 0.25) is 0 Å². The normalized spacial score (nSPS) is 12.8. The van der Waals surface area contributed by atoms with Gasteiger partial charge in [-0.05, 0) is 42.2 Å². The molecule has 0 saturated heterocycles. The summed E-state index contributed by atoms with van der Waals surface area (Å²) in [6.07, 6.45) is 3.20. The minimum atomic E-state index is 0.114. The van der Waals surface area contributed by atoms with Gasteiger partial charge in [-0.25, -0.2) is 0 Å². The first-order valence-corrected chi connectivity index (χ1v) is 7.28. The van der Waals surface area contributed by atoms with E-state index in [0.717, 1.165) is 36.9 Å². The second-order valence-electron chi connectivity index (χ2n) is 5.32. The number of hydrogen-bond donors (Lipinski definition) is 1. The van der Waals surface area contributed by atoms with Crippen molar-refractivity contribution in [2.75, 3.05) is 11.9 Å². The lowest BCUT2D eigenvalue weighted by molar-refractivity contribution is 0.103. The summed E-state index contributed by atoms with van der Waals surface area (Å²) in [5.41, 5.74) is 5.27. The molecular formula is C18H19NO. The Labute approximate surface area is 119 Å². The van der Waals surface area contributed by atoms with Gasteiger partial charge in [0.15, 0.2) is 5.78 Å². The summed E-state index contributed by atoms with van der Waals surface area (Å²) in [6, 6.07) is 14.0. The van der Waals surface area contributed by atoms with E-state index < -0.39 is 0 Å². The highest BCUT2D eigenvalue weighted by Crippen LogP contribution is 2.24. The predicted molar refractivity (Wildman–Crippen MR) is 82.5 cm³/mol. The summed E-state index contributed by atoms with van der Waals surface area (Å²) in [5.74, 6) is 0.114. The molecule has 0 radical (unpaired) electrons. The van der Waals surface area contributed by atoms with Gasteiger partial charge in [-0.15, -0.1) is 0 Å². The summed E-state index contributed by atoms with van der Waals surface area (Å²) in [6.45, 7) is 3.14. The molecule has 1 aliphatic heterocycles. The standard InChI is InChI=1S/C18H19NO/c1-2-3-13-4-6-14(7-5-13)18(20)16-8-9-17-15(12-16)10-11-19-17/h4-9,12,19H,2-3,10-11H2,1H3. The lowest BCUT2D eigenvalue weighted by atomic mass is 9.99. The molecule has 0 aromatic heterocycles. The maximum absolute atomic E-state index is 12.5. The molecule has 2 aromatic carbocycles. The molecule has 2 heteroatoms. The number of nitrogens with one attached hydrogen (secondary N) is 1. The molecule has 0 fully saturated rings. The van der Waals surface area contributed by atoms with Gasteiger partial charge in [-0.3, -0.25) is 4.79 Å². The van der Waals surface area contributed by atoms with Gasteiger partial charge < -0.3 is 5.32 Å². The third kappa shape index (κ3) is 2.46. The van der Waals surface area contributed by atoms with Gasteiger partial charge >= 0.3 is 0 Å². The molecule has 0 spiro atoms. The van der Waals surface area contributed by atoms with Crippen molar-refractivity contribution in [1.82, 2.24) is 0 Å². The zero-order valence-electron chi connectivity index (χ0n) is 11.8. The lowest BCUT2D eigenvalue weighted by Gasteiger charge is -2.05. The number of hydrogen-bond acceptors (Lipinski definition) is 2. The molecule has 20 heavy (non-hydrogen) atoms. The smallest absolute Gasteiger partial charge is 0.193 e. The van der Waals surface area contributed by atoms with Gasteiger partial charge in [-0.2, -0.15) is 0 Å². The Bertz CT molecular complexity index is 628. The molecule has 3 rings (SSSR count). The Morgan fingerprint density at radius 2 is 1.85 bits per heavy atom. The summed E-state index contributed by atoms with van der Waals surface area (Å²) < 4.78 is 0. The van der Waals surface area contributed by atoms with E-state index in [9.17, 15) is 4.79 Å². The van der Waals surface area contributed by atoms with E-state index in [4.69, 9.17) is 0 Å². The molecular weight excluding hydrogens is 246 g/mol. The van der Waals surface area contributed by atoms with Crippen LogP contribution in [0.5, 0.6) is 0 Å². The maximum atomic E-state index is 12.5. The van der Waals surface area contributed by atoms with Gasteiger partial charge in [0.1, 0.15) is 0 Å². The number of carbonyl (C=O) groups is 1. The molecule has 0 atom stereocenters. The molecule has 1 aliphatic rings. The van der Waals surface area contributed by atoms with Crippen LogP contribution < -0.4 is 5.32 Å². The minimum absolute atomic E-state index is 0.114. The number of ketones is 1. The molecule has 1 N–H and O–H groups in total. The first-order valence-electron chi connectivity index (χ1n) is 7.28. The molecule has 102 valence electrons. The topological polar surface area (TPSA) is 29.1 Å². The van der Waals surface area contributed by atoms with Crippen molar-refractivity contribution in [3.8, 4) is 0 Å². The number of fused-ring (bicyclic) bond motifs is 1. The fraction of sp³-hybridized carbons (Fsp3) is 0.278. The van der Waals surface area contributed by atoms with Crippen LogP contribution in [0.25, 0.3) is 0 Å². The summed E-state index contributed by atoms with van der Waals surface area (Å²) in [7, 11) is 0. The molecule has 0 aliphatic carbocycles. The second kappa shape index (κ2) is 5.49. The summed E-state index contributed by atoms with van der Waals surface area (Å²) in [4.78, 5) is 12.5. The first kappa shape index (κ1) is 12.9. The highest BCUT2D eigenvalue weighted by atomic mass is 16.1. The average molecular weight is 265 g/mol. The molecule has 0 bridgehead atoms. The van der Waals surface area contributed by atoms with Crippen LogP contribution in [0.1, 0.15) is 40.4 Å². The molecule has 1 heterocycles. The summed E-state index contributed by atoms with van der Waals surface area (Å²) in [5, 5.41) is 3.32. The van der Waals surface area contributed by atoms with Crippen molar-refractivity contribution in [1.29, 1.82) is 0 Å². The number of carbonyl (C=O) groups excluding carboxylic acids is 1. The van der Waals surface area contributed by atoms with Gasteiger partial charge in [0.25, 0.3) is 0 Å². The molecule has 0 saturated carbocycles. The average Bonchev–Trinajstić information content (AvgIpc) is 2.95. The van der Waals surface area contributed by atoms with Crippen molar-refractivity contribution in [2.24, 2.45) is 0 Å². The highest BCUT2D eigenvalue weighted by Gasteiger charge is 2.14. The van der Waals surface area contributed by atoms with Crippen LogP contribution in [0.2, 0.25) is 0 Å². The van der Waals surface area contributed by atoms with E-state index in [1.54, 1.807) is 0 Å². The molecule has 2 aromatic rings. The number of anilines is 1. The van der Waals surface area contributed by atoms with E-state index in [1.807, 2.05) is 30.3 Å². The van der Waals surface area contributed by atoms with Gasteiger partial charge in [-0.1, -0.05) is 37.6 Å². The Morgan fingerprint density at radius 3 is 2.60 bits per heavy atom. The number of aryl methyl sites for hydroxylation is 1. The molecule has 0 amide bonds. The quantitative estimate of drug-likeness (QED) is 0.851.